The number of benzene rings is 4. The van der Waals surface area contributed by atoms with Crippen LogP contribution in [-0.4, -0.2) is 211 Å². The van der Waals surface area contributed by atoms with Crippen molar-refractivity contribution in [3.63, 3.8) is 0 Å². The van der Waals surface area contributed by atoms with E-state index in [1.165, 1.54) is 30.3 Å². The number of hydrogen-bond donors (Lipinski definition) is 8. The van der Waals surface area contributed by atoms with Gasteiger partial charge in [-0.2, -0.15) is 0 Å². The molecule has 0 aliphatic carbocycles. The molecule has 8 N–H and O–H groups in total. The van der Waals surface area contributed by atoms with Gasteiger partial charge >= 0.3 is 35.9 Å². The number of aromatic carboxylic acids is 1. The van der Waals surface area contributed by atoms with Crippen molar-refractivity contribution in [2.75, 3.05) is 51.0 Å². The number of nitrogens with zero attached hydrogens (tertiary/aromatic N) is 5. The van der Waals surface area contributed by atoms with Crippen LogP contribution in [0.25, 0.3) is 21.9 Å². The molecule has 102 heavy (non-hydrogen) atoms. The Morgan fingerprint density at radius 3 is 1.94 bits per heavy atom. The molecular weight excluding hydrogens is 1340 g/mol. The largest absolute Gasteiger partial charge is 0.478 e. The Morgan fingerprint density at radius 1 is 0.647 bits per heavy atom. The predicted molar refractivity (Wildman–Crippen MR) is 356 cm³/mol. The minimum absolute atomic E-state index is 0.0175. The van der Waals surface area contributed by atoms with Gasteiger partial charge < -0.3 is 87.8 Å². The third-order valence-corrected chi connectivity index (χ3v) is 16.6. The Kier molecular flexibility index (Phi) is 25.1. The minimum atomic E-state index is -1.68. The van der Waals surface area contributed by atoms with Crippen LogP contribution < -0.4 is 25.4 Å². The second-order valence-corrected chi connectivity index (χ2v) is 25.2. The van der Waals surface area contributed by atoms with Gasteiger partial charge in [-0.15, -0.1) is 0 Å². The zero-order chi connectivity index (χ0) is 73.7. The molecule has 4 aromatic carbocycles. The van der Waals surface area contributed by atoms with Crippen molar-refractivity contribution in [3.8, 4) is 11.5 Å². The van der Waals surface area contributed by atoms with Crippen molar-refractivity contribution in [1.82, 2.24) is 24.8 Å². The number of carbonyl (C=O) groups excluding carboxylic acids is 9. The van der Waals surface area contributed by atoms with E-state index in [9.17, 15) is 73.5 Å². The van der Waals surface area contributed by atoms with Gasteiger partial charge in [0, 0.05) is 95.3 Å². The summed E-state index contributed by atoms with van der Waals surface area (Å²) in [6, 6.07) is 23.5. The molecule has 5 amide bonds. The molecular formula is C70H81N8O24+. The summed E-state index contributed by atoms with van der Waals surface area (Å²) in [6.07, 6.45) is -12.2. The van der Waals surface area contributed by atoms with Gasteiger partial charge in [-0.25, -0.2) is 19.6 Å². The summed E-state index contributed by atoms with van der Waals surface area (Å²) in [5.41, 5.74) is 4.19. The molecule has 2 aromatic heterocycles. The molecule has 0 bridgehead atoms. The van der Waals surface area contributed by atoms with E-state index in [1.807, 2.05) is 49.9 Å². The number of carboxylic acids is 1. The lowest BCUT2D eigenvalue weighted by Gasteiger charge is -2.44. The number of ether oxygens (including phenoxy) is 9. The average Bonchev–Trinajstić information content (AvgIpc) is 1.56. The molecule has 2 fully saturated rings. The Morgan fingerprint density at radius 2 is 1.28 bits per heavy atom. The number of carbonyl (C=O) groups is 10. The minimum Gasteiger partial charge on any atom is -0.478 e. The third kappa shape index (κ3) is 19.5. The van der Waals surface area contributed by atoms with E-state index < -0.39 is 134 Å². The fourth-order valence-corrected chi connectivity index (χ4v) is 11.8. The van der Waals surface area contributed by atoms with Crippen LogP contribution in [0.2, 0.25) is 0 Å². The summed E-state index contributed by atoms with van der Waals surface area (Å²) in [7, 11) is 3.98. The maximum atomic E-state index is 13.8. The lowest BCUT2D eigenvalue weighted by molar-refractivity contribution is -0.916. The van der Waals surface area contributed by atoms with Gasteiger partial charge in [0.15, 0.2) is 18.0 Å². The van der Waals surface area contributed by atoms with Gasteiger partial charge in [0.1, 0.15) is 79.7 Å². The van der Waals surface area contributed by atoms with Crippen LogP contribution in [0.15, 0.2) is 97.1 Å². The number of hydrogen-bond acceptors (Lipinski definition) is 25. The summed E-state index contributed by atoms with van der Waals surface area (Å²) >= 11 is 0. The van der Waals surface area contributed by atoms with Crippen molar-refractivity contribution in [2.24, 2.45) is 0 Å². The molecule has 32 nitrogen and oxygen atoms in total. The van der Waals surface area contributed by atoms with Crippen molar-refractivity contribution >= 4 is 93.0 Å². The molecule has 0 spiro atoms. The number of amides is 5. The van der Waals surface area contributed by atoms with Crippen molar-refractivity contribution in [1.29, 1.82) is 0 Å². The molecule has 3 aliphatic rings. The first kappa shape index (κ1) is 75.7. The number of esters is 4. The topological polar surface area (TPSA) is 425 Å². The van der Waals surface area contributed by atoms with E-state index in [-0.39, 0.29) is 66.6 Å². The molecule has 6 aromatic rings. The highest BCUT2D eigenvalue weighted by Crippen LogP contribution is 2.37. The third-order valence-electron chi connectivity index (χ3n) is 16.6. The van der Waals surface area contributed by atoms with E-state index >= 15 is 0 Å². The zero-order valence-electron chi connectivity index (χ0n) is 56.9. The number of quaternary nitrogens is 1. The molecule has 3 aliphatic heterocycles. The fourth-order valence-electron chi connectivity index (χ4n) is 11.8. The molecule has 9 rings (SSSR count). The van der Waals surface area contributed by atoms with Crippen LogP contribution in [0.5, 0.6) is 11.5 Å². The smallest absolute Gasteiger partial charge is 0.413 e. The quantitative estimate of drug-likeness (QED) is 0.0138. The van der Waals surface area contributed by atoms with Crippen LogP contribution in [0.3, 0.4) is 0 Å². The molecule has 5 heterocycles. The molecule has 544 valence electrons. The summed E-state index contributed by atoms with van der Waals surface area (Å²) in [5, 5.41) is 59.1. The molecule has 1 unspecified atom stereocenters. The zero-order valence-corrected chi connectivity index (χ0v) is 56.9. The first-order valence-corrected chi connectivity index (χ1v) is 32.7. The maximum Gasteiger partial charge on any atom is 0.413 e. The van der Waals surface area contributed by atoms with Crippen molar-refractivity contribution in [3.05, 3.63) is 131 Å². The SMILES string of the molecule is CCCCc1nc2c(NC(=O)OCc3ccc(OC4O[C@H](CO)[C@@H](O)[C@H](O)[C@@H]4O)cc3)nc3cc(C(=O)O)ccc3c2n1Cc1ccc(C[N+](C)(C)Cc2ccc(O[C@H]3O[C@H](COC(C)=O)[C@@H](OC(C)=O)[C@H](OC(C)=O)[C@@H]3OC(C)=O)c(NC(=O)CCNC(=O)CCN3C(=O)C=CC3=O)c2)cc1. The van der Waals surface area contributed by atoms with E-state index in [4.69, 9.17) is 52.6 Å². The first-order chi connectivity index (χ1) is 48.6. The van der Waals surface area contributed by atoms with Gasteiger partial charge in [-0.05, 0) is 66.1 Å². The van der Waals surface area contributed by atoms with Gasteiger partial charge in [0.2, 0.25) is 30.5 Å². The summed E-state index contributed by atoms with van der Waals surface area (Å²) in [5.74, 6) is -5.92. The highest BCUT2D eigenvalue weighted by atomic mass is 16.7. The number of carboxylic acid groups (broad SMARTS) is 1. The highest BCUT2D eigenvalue weighted by Gasteiger charge is 2.54. The van der Waals surface area contributed by atoms with Crippen LogP contribution >= 0.6 is 0 Å². The Hall–Kier alpha value is -10.5. The fraction of sp³-hybridized carbons (Fsp3) is 0.429. The molecule has 32 heteroatoms. The lowest BCUT2D eigenvalue weighted by atomic mass is 9.98. The van der Waals surface area contributed by atoms with Crippen LogP contribution in [0, 0.1) is 0 Å². The number of unbranched alkanes of at least 4 members (excludes halogenated alkanes) is 1. The highest BCUT2D eigenvalue weighted by molar-refractivity contribution is 6.13. The number of fused-ring (bicyclic) bond motifs is 3. The lowest BCUT2D eigenvalue weighted by Crippen LogP contribution is -2.63. The van der Waals surface area contributed by atoms with Crippen LogP contribution in [-0.2, 0) is 104 Å². The summed E-state index contributed by atoms with van der Waals surface area (Å²) in [4.78, 5) is 137. The second kappa shape index (κ2) is 33.8. The Balaban J connectivity index is 0.937. The Labute approximate surface area is 583 Å². The molecule has 2 saturated heterocycles. The van der Waals surface area contributed by atoms with E-state index in [0.29, 0.717) is 63.9 Å². The van der Waals surface area contributed by atoms with Crippen molar-refractivity contribution in [2.45, 2.75) is 154 Å². The van der Waals surface area contributed by atoms with Crippen LogP contribution in [0.4, 0.5) is 16.3 Å². The first-order valence-electron chi connectivity index (χ1n) is 32.7. The number of nitrogens with one attached hydrogen (secondary N) is 3. The van der Waals surface area contributed by atoms with E-state index in [2.05, 4.69) is 16.0 Å². The molecule has 0 saturated carbocycles. The number of aromatic nitrogens is 3. The molecule has 0 radical (unpaired) electrons. The number of aliphatic hydroxyl groups is 4. The maximum absolute atomic E-state index is 13.8. The number of aryl methyl sites for hydroxylation is 1. The Bertz CT molecular complexity index is 4120. The standard InChI is InChI=1S/C70H80N8O24/c1-8-9-10-53-74-58-59(47-21-18-45(67(91)92)30-48(47)73-66(58)75-70(93)95-35-43-15-19-46(20-16-43)99-68-62(90)61(89)60(88)51(34-79)101-68)77(53)31-41-11-13-42(14-12-41)32-78(6,7)33-44-17-22-50(49(29-44)72-55(85)25-27-71-54(84)26-28-76-56(86)23-24-57(76)87)100-69-65(98-40(5)83)64(97-39(4)82)63(96-38(3)81)52(102-69)36-94-37(2)80/h11-24,29-30,51-52,60-65,68-69,79,88-90H,8-10,25-28,31-36H2,1-7H3,(H3-,71,72,73,75,84,85,91,92,93)/p+1/t51-,52-,60-,61+,62+,63-,64+,65+,68?,69+/m1/s1. The van der Waals surface area contributed by atoms with Gasteiger partial charge in [0.05, 0.1) is 43.0 Å². The number of rotatable bonds is 30. The van der Waals surface area contributed by atoms with Gasteiger partial charge in [-0.1, -0.05) is 49.7 Å². The normalized spacial score (nSPS) is 21.1. The number of imide groups is 1. The van der Waals surface area contributed by atoms with E-state index in [0.717, 1.165) is 68.7 Å². The predicted octanol–water partition coefficient (Wildman–Crippen LogP) is 3.60. The number of imidazole rings is 1. The van der Waals surface area contributed by atoms with E-state index in [1.54, 1.807) is 30.3 Å². The van der Waals surface area contributed by atoms with Gasteiger partial charge in [-0.3, -0.25) is 48.6 Å². The molecule has 10 atom stereocenters. The van der Waals surface area contributed by atoms with Crippen molar-refractivity contribution < 1.29 is 121 Å². The number of anilines is 2. The number of aliphatic hydroxyl groups excluding tert-OH is 4. The monoisotopic (exact) mass is 1420 g/mol. The number of pyridine rings is 1. The van der Waals surface area contributed by atoms with Crippen LogP contribution in [0.1, 0.15) is 98.7 Å². The second-order valence-electron chi connectivity index (χ2n) is 25.2. The summed E-state index contributed by atoms with van der Waals surface area (Å²) in [6.45, 7) is 5.77. The average molecular weight is 1420 g/mol. The van der Waals surface area contributed by atoms with Gasteiger partial charge in [0.25, 0.3) is 11.8 Å². The summed E-state index contributed by atoms with van der Waals surface area (Å²) < 4.78 is 53.8.